The van der Waals surface area contributed by atoms with Crippen LogP contribution in [0.1, 0.15) is 50.4 Å². The Labute approximate surface area is 120 Å². The number of aromatic nitrogens is 2. The summed E-state index contributed by atoms with van der Waals surface area (Å²) in [6, 6.07) is 0. The number of anilines is 1. The fourth-order valence-electron chi connectivity index (χ4n) is 2.85. The van der Waals surface area contributed by atoms with E-state index in [1.807, 2.05) is 6.92 Å². The number of rotatable bonds is 3. The lowest BCUT2D eigenvalue weighted by atomic mass is 9.95. The normalized spacial score (nSPS) is 23.4. The van der Waals surface area contributed by atoms with Gasteiger partial charge < -0.3 is 4.90 Å². The van der Waals surface area contributed by atoms with Gasteiger partial charge in [0.1, 0.15) is 16.8 Å². The average molecular weight is 280 g/mol. The Morgan fingerprint density at radius 3 is 2.53 bits per heavy atom. The topological polar surface area (TPSA) is 29.0 Å². The molecule has 1 aromatic heterocycles. The maximum atomic E-state index is 6.29. The molecule has 0 aromatic carbocycles. The Morgan fingerprint density at radius 1 is 1.21 bits per heavy atom. The smallest absolute Gasteiger partial charge is 0.137 e. The van der Waals surface area contributed by atoms with E-state index in [0.29, 0.717) is 11.1 Å². The molecule has 0 bridgehead atoms. The van der Waals surface area contributed by atoms with Crippen molar-refractivity contribution in [3.05, 3.63) is 16.5 Å². The molecular weight excluding hydrogens is 258 g/mol. The van der Waals surface area contributed by atoms with Crippen molar-refractivity contribution < 1.29 is 0 Å². The third-order valence-corrected chi connectivity index (χ3v) is 4.86. The van der Waals surface area contributed by atoms with Crippen LogP contribution in [-0.2, 0) is 0 Å². The van der Waals surface area contributed by atoms with Crippen molar-refractivity contribution in [1.29, 1.82) is 0 Å². The van der Waals surface area contributed by atoms with Gasteiger partial charge in [-0.05, 0) is 38.0 Å². The molecule has 1 saturated carbocycles. The van der Waals surface area contributed by atoms with Gasteiger partial charge in [0.2, 0.25) is 0 Å². The van der Waals surface area contributed by atoms with E-state index in [2.05, 4.69) is 23.7 Å². The number of hydrogen-bond acceptors (Lipinski definition) is 3. The minimum Gasteiger partial charge on any atom is -0.356 e. The molecule has 2 heterocycles. The Bertz CT molecular complexity index is 483. The van der Waals surface area contributed by atoms with Crippen LogP contribution in [-0.4, -0.2) is 23.1 Å². The molecule has 1 aromatic rings. The Hall–Kier alpha value is -0.830. The highest BCUT2D eigenvalue weighted by Crippen LogP contribution is 2.40. The van der Waals surface area contributed by atoms with Crippen LogP contribution < -0.4 is 4.90 Å². The zero-order valence-electron chi connectivity index (χ0n) is 12.0. The van der Waals surface area contributed by atoms with Crippen molar-refractivity contribution in [2.75, 3.05) is 18.0 Å². The second kappa shape index (κ2) is 4.93. The predicted molar refractivity (Wildman–Crippen MR) is 78.9 cm³/mol. The van der Waals surface area contributed by atoms with E-state index >= 15 is 0 Å². The first-order valence-corrected chi connectivity index (χ1v) is 7.73. The summed E-state index contributed by atoms with van der Waals surface area (Å²) < 4.78 is 0. The second-order valence-corrected chi connectivity index (χ2v) is 6.69. The van der Waals surface area contributed by atoms with Gasteiger partial charge in [-0.15, -0.1) is 0 Å². The van der Waals surface area contributed by atoms with Crippen LogP contribution in [0.2, 0.25) is 5.15 Å². The quantitative estimate of drug-likeness (QED) is 0.788. The first kappa shape index (κ1) is 13.2. The standard InChI is InChI=1S/C15H22ClN3/c1-9(2)12-6-7-19(8-12)15-10(3)13(16)17-14(18-15)11-4-5-11/h9,11-12H,4-8H2,1-3H3. The largest absolute Gasteiger partial charge is 0.356 e. The monoisotopic (exact) mass is 279 g/mol. The molecule has 1 unspecified atom stereocenters. The van der Waals surface area contributed by atoms with E-state index in [-0.39, 0.29) is 0 Å². The summed E-state index contributed by atoms with van der Waals surface area (Å²) in [5.74, 6) is 4.10. The van der Waals surface area contributed by atoms with E-state index in [1.54, 1.807) is 0 Å². The van der Waals surface area contributed by atoms with Crippen LogP contribution in [0.25, 0.3) is 0 Å². The van der Waals surface area contributed by atoms with Crippen LogP contribution in [0, 0.1) is 18.8 Å². The summed E-state index contributed by atoms with van der Waals surface area (Å²) in [4.78, 5) is 11.7. The minimum absolute atomic E-state index is 0.556. The maximum Gasteiger partial charge on any atom is 0.137 e. The third kappa shape index (κ3) is 2.58. The number of hydrogen-bond donors (Lipinski definition) is 0. The fraction of sp³-hybridized carbons (Fsp3) is 0.733. The molecule has 1 aliphatic carbocycles. The summed E-state index contributed by atoms with van der Waals surface area (Å²) in [5.41, 5.74) is 1.04. The van der Waals surface area contributed by atoms with Gasteiger partial charge in [0.25, 0.3) is 0 Å². The van der Waals surface area contributed by atoms with Gasteiger partial charge in [0, 0.05) is 24.6 Å². The lowest BCUT2D eigenvalue weighted by molar-refractivity contribution is 0.422. The SMILES string of the molecule is Cc1c(Cl)nc(C2CC2)nc1N1CCC(C(C)C)C1. The van der Waals surface area contributed by atoms with E-state index < -0.39 is 0 Å². The van der Waals surface area contributed by atoms with E-state index in [9.17, 15) is 0 Å². The highest BCUT2D eigenvalue weighted by Gasteiger charge is 2.31. The maximum absolute atomic E-state index is 6.29. The van der Waals surface area contributed by atoms with E-state index in [1.165, 1.54) is 19.3 Å². The van der Waals surface area contributed by atoms with E-state index in [4.69, 9.17) is 16.6 Å². The van der Waals surface area contributed by atoms with E-state index in [0.717, 1.165) is 42.1 Å². The molecule has 1 aliphatic heterocycles. The van der Waals surface area contributed by atoms with Crippen LogP contribution >= 0.6 is 11.6 Å². The van der Waals surface area contributed by atoms with Gasteiger partial charge in [-0.2, -0.15) is 0 Å². The van der Waals surface area contributed by atoms with Crippen molar-refractivity contribution >= 4 is 17.4 Å². The first-order chi connectivity index (χ1) is 9.06. The Balaban J connectivity index is 1.87. The van der Waals surface area contributed by atoms with Gasteiger partial charge in [0.05, 0.1) is 0 Å². The van der Waals surface area contributed by atoms with Crippen molar-refractivity contribution in [1.82, 2.24) is 9.97 Å². The summed E-state index contributed by atoms with van der Waals surface area (Å²) >= 11 is 6.29. The molecule has 0 radical (unpaired) electrons. The molecule has 3 nitrogen and oxygen atoms in total. The van der Waals surface area contributed by atoms with Crippen molar-refractivity contribution in [2.45, 2.75) is 46.0 Å². The van der Waals surface area contributed by atoms with Crippen molar-refractivity contribution in [2.24, 2.45) is 11.8 Å². The highest BCUT2D eigenvalue weighted by molar-refractivity contribution is 6.30. The molecule has 2 fully saturated rings. The van der Waals surface area contributed by atoms with Crippen molar-refractivity contribution in [3.63, 3.8) is 0 Å². The first-order valence-electron chi connectivity index (χ1n) is 7.35. The number of halogens is 1. The molecule has 3 rings (SSSR count). The molecule has 1 atom stereocenters. The van der Waals surface area contributed by atoms with Crippen molar-refractivity contribution in [3.8, 4) is 0 Å². The predicted octanol–water partition coefficient (Wildman–Crippen LogP) is 3.80. The molecule has 0 amide bonds. The molecule has 0 spiro atoms. The molecule has 2 aliphatic rings. The van der Waals surface area contributed by atoms with Gasteiger partial charge in [-0.1, -0.05) is 25.4 Å². The van der Waals surface area contributed by atoms with Gasteiger partial charge in [0.15, 0.2) is 0 Å². The van der Waals surface area contributed by atoms with Crippen LogP contribution in [0.3, 0.4) is 0 Å². The van der Waals surface area contributed by atoms with Crippen LogP contribution in [0.15, 0.2) is 0 Å². The zero-order chi connectivity index (χ0) is 13.6. The molecule has 1 saturated heterocycles. The number of nitrogens with zero attached hydrogens (tertiary/aromatic N) is 3. The van der Waals surface area contributed by atoms with Gasteiger partial charge >= 0.3 is 0 Å². The Morgan fingerprint density at radius 2 is 1.95 bits per heavy atom. The summed E-state index contributed by atoms with van der Waals surface area (Å²) in [6.45, 7) is 8.86. The van der Waals surface area contributed by atoms with Gasteiger partial charge in [-0.25, -0.2) is 9.97 Å². The zero-order valence-corrected chi connectivity index (χ0v) is 12.7. The third-order valence-electron chi connectivity index (χ3n) is 4.49. The average Bonchev–Trinajstić information content (AvgIpc) is 3.09. The Kier molecular flexibility index (Phi) is 3.42. The lowest BCUT2D eigenvalue weighted by Gasteiger charge is -2.21. The molecule has 4 heteroatoms. The summed E-state index contributed by atoms with van der Waals surface area (Å²) in [6.07, 6.45) is 3.69. The van der Waals surface area contributed by atoms with Crippen LogP contribution in [0.4, 0.5) is 5.82 Å². The molecular formula is C15H22ClN3. The highest BCUT2D eigenvalue weighted by atomic mass is 35.5. The second-order valence-electron chi connectivity index (χ2n) is 6.33. The lowest BCUT2D eigenvalue weighted by Crippen LogP contribution is -2.24. The minimum atomic E-state index is 0.556. The molecule has 19 heavy (non-hydrogen) atoms. The van der Waals surface area contributed by atoms with Gasteiger partial charge in [-0.3, -0.25) is 0 Å². The molecule has 0 N–H and O–H groups in total. The van der Waals surface area contributed by atoms with Crippen LogP contribution in [0.5, 0.6) is 0 Å². The summed E-state index contributed by atoms with van der Waals surface area (Å²) in [5, 5.41) is 0.639. The molecule has 104 valence electrons. The fourth-order valence-corrected chi connectivity index (χ4v) is 3.02. The summed E-state index contributed by atoms with van der Waals surface area (Å²) in [7, 11) is 0.